The molecule has 0 atom stereocenters. The van der Waals surface area contributed by atoms with Gasteiger partial charge in [-0.15, -0.1) is 0 Å². The summed E-state index contributed by atoms with van der Waals surface area (Å²) in [5, 5.41) is 0. The quantitative estimate of drug-likeness (QED) is 0.296. The molecule has 0 saturated carbocycles. The van der Waals surface area contributed by atoms with Crippen LogP contribution < -0.4 is 20.7 Å². The van der Waals surface area contributed by atoms with Crippen LogP contribution in [0.5, 0.6) is 11.5 Å². The number of fused-ring (bicyclic) bond motifs is 4. The highest BCUT2D eigenvalue weighted by atomic mass is 16.5. The Hall–Kier alpha value is -4.92. The van der Waals surface area contributed by atoms with E-state index in [1.807, 2.05) is 45.9 Å². The van der Waals surface area contributed by atoms with Crippen LogP contribution in [0.1, 0.15) is 49.9 Å². The SMILES string of the molecule is CCOc1cc2c(cc1OC)-c1cc(=Nc3c(C)cc(C)cc3C)n(CCN3C(=O)c4ccccc4C3=O)c(=O)n1CC2. The van der Waals surface area contributed by atoms with E-state index in [1.54, 1.807) is 40.5 Å². The van der Waals surface area contributed by atoms with Crippen LogP contribution in [0.15, 0.2) is 64.4 Å². The third kappa shape index (κ3) is 4.84. The van der Waals surface area contributed by atoms with Crippen molar-refractivity contribution >= 4 is 17.5 Å². The third-order valence-corrected chi connectivity index (χ3v) is 8.15. The van der Waals surface area contributed by atoms with Crippen LogP contribution in [0.2, 0.25) is 0 Å². The van der Waals surface area contributed by atoms with Crippen molar-refractivity contribution in [3.05, 3.63) is 104 Å². The molecular weight excluding hydrogens is 544 g/mol. The summed E-state index contributed by atoms with van der Waals surface area (Å²) in [4.78, 5) is 46.6. The van der Waals surface area contributed by atoms with Crippen molar-refractivity contribution in [1.29, 1.82) is 0 Å². The van der Waals surface area contributed by atoms with Gasteiger partial charge in [-0.05, 0) is 75.1 Å². The lowest BCUT2D eigenvalue weighted by Gasteiger charge is -2.25. The van der Waals surface area contributed by atoms with Crippen molar-refractivity contribution in [3.8, 4) is 22.8 Å². The number of aromatic nitrogens is 2. The maximum atomic E-state index is 14.2. The Morgan fingerprint density at radius 3 is 2.14 bits per heavy atom. The van der Waals surface area contributed by atoms with Gasteiger partial charge in [0, 0.05) is 31.3 Å². The molecule has 2 aliphatic heterocycles. The summed E-state index contributed by atoms with van der Waals surface area (Å²) >= 11 is 0. The highest BCUT2D eigenvalue weighted by Gasteiger charge is 2.35. The van der Waals surface area contributed by atoms with E-state index in [0.717, 1.165) is 39.2 Å². The van der Waals surface area contributed by atoms with Crippen molar-refractivity contribution in [2.75, 3.05) is 20.3 Å². The first-order valence-corrected chi connectivity index (χ1v) is 14.5. The molecule has 0 unspecified atom stereocenters. The average molecular weight is 579 g/mol. The van der Waals surface area contributed by atoms with Crippen LogP contribution in [-0.2, 0) is 19.5 Å². The summed E-state index contributed by atoms with van der Waals surface area (Å²) in [6, 6.07) is 16.7. The minimum atomic E-state index is -0.353. The molecule has 9 heteroatoms. The van der Waals surface area contributed by atoms with Gasteiger partial charge in [0.15, 0.2) is 11.5 Å². The third-order valence-electron chi connectivity index (χ3n) is 8.15. The molecule has 0 bridgehead atoms. The Morgan fingerprint density at radius 2 is 1.51 bits per heavy atom. The van der Waals surface area contributed by atoms with Crippen molar-refractivity contribution in [2.24, 2.45) is 4.99 Å². The van der Waals surface area contributed by atoms with Crippen LogP contribution in [0.25, 0.3) is 11.3 Å². The Morgan fingerprint density at radius 1 is 0.837 bits per heavy atom. The second kappa shape index (κ2) is 11.1. The fourth-order valence-electron chi connectivity index (χ4n) is 6.18. The van der Waals surface area contributed by atoms with E-state index in [9.17, 15) is 14.4 Å². The number of carbonyl (C=O) groups excluding carboxylic acids is 2. The van der Waals surface area contributed by atoms with Crippen LogP contribution in [0.3, 0.4) is 0 Å². The summed E-state index contributed by atoms with van der Waals surface area (Å²) in [5.41, 5.74) is 7.51. The monoisotopic (exact) mass is 578 g/mol. The van der Waals surface area contributed by atoms with Crippen LogP contribution in [0.4, 0.5) is 5.69 Å². The van der Waals surface area contributed by atoms with Gasteiger partial charge in [-0.25, -0.2) is 9.79 Å². The predicted molar refractivity (Wildman–Crippen MR) is 163 cm³/mol. The Bertz CT molecular complexity index is 1880. The van der Waals surface area contributed by atoms with Gasteiger partial charge >= 0.3 is 5.69 Å². The molecule has 220 valence electrons. The Labute approximate surface area is 249 Å². The molecule has 2 aliphatic rings. The van der Waals surface area contributed by atoms with E-state index in [-0.39, 0.29) is 30.6 Å². The summed E-state index contributed by atoms with van der Waals surface area (Å²) < 4.78 is 14.7. The number of aryl methyl sites for hydroxylation is 4. The van der Waals surface area contributed by atoms with Gasteiger partial charge in [0.1, 0.15) is 5.49 Å². The molecule has 4 aromatic rings. The predicted octanol–water partition coefficient (Wildman–Crippen LogP) is 4.73. The van der Waals surface area contributed by atoms with Crippen molar-refractivity contribution in [1.82, 2.24) is 14.0 Å². The van der Waals surface area contributed by atoms with Crippen molar-refractivity contribution < 1.29 is 19.1 Å². The second-order valence-corrected chi connectivity index (χ2v) is 11.0. The number of benzene rings is 3. The Balaban J connectivity index is 1.50. The summed E-state index contributed by atoms with van der Waals surface area (Å²) in [6.07, 6.45) is 0.636. The number of hydrogen-bond donors (Lipinski definition) is 0. The minimum absolute atomic E-state index is 0.0438. The standard InChI is InChI=1S/C34H34N4O5/c1-6-43-29-17-23-11-12-36-27(26(23)18-28(29)42-5)19-30(35-31-21(3)15-20(2)16-22(31)4)37(34(36)41)13-14-38-32(39)24-9-7-8-10-25(24)33(38)40/h7-10,15-19H,6,11-14H2,1-5H3. The first kappa shape index (κ1) is 28.2. The topological polar surface area (TPSA) is 95.1 Å². The minimum Gasteiger partial charge on any atom is -0.493 e. The summed E-state index contributed by atoms with van der Waals surface area (Å²) in [7, 11) is 1.60. The van der Waals surface area contributed by atoms with E-state index >= 15 is 0 Å². The number of hydrogen-bond acceptors (Lipinski definition) is 6. The molecular formula is C34H34N4O5. The highest BCUT2D eigenvalue weighted by molar-refractivity contribution is 6.21. The molecule has 0 N–H and O–H groups in total. The van der Waals surface area contributed by atoms with Crippen LogP contribution in [-0.4, -0.2) is 46.1 Å². The van der Waals surface area contributed by atoms with E-state index in [4.69, 9.17) is 14.5 Å². The molecule has 0 aliphatic carbocycles. The van der Waals surface area contributed by atoms with Crippen molar-refractivity contribution in [2.45, 2.75) is 47.2 Å². The highest BCUT2D eigenvalue weighted by Crippen LogP contribution is 2.38. The fraction of sp³-hybridized carbons (Fsp3) is 0.294. The van der Waals surface area contributed by atoms with Gasteiger partial charge in [0.2, 0.25) is 0 Å². The van der Waals surface area contributed by atoms with E-state index in [1.165, 1.54) is 4.90 Å². The molecule has 3 heterocycles. The molecule has 2 amide bonds. The zero-order valence-electron chi connectivity index (χ0n) is 25.1. The van der Waals surface area contributed by atoms with Gasteiger partial charge in [-0.1, -0.05) is 29.8 Å². The summed E-state index contributed by atoms with van der Waals surface area (Å²) in [5.74, 6) is 0.554. The Kier molecular flexibility index (Phi) is 7.25. The molecule has 0 radical (unpaired) electrons. The lowest BCUT2D eigenvalue weighted by molar-refractivity contribution is 0.0647. The van der Waals surface area contributed by atoms with Crippen LogP contribution in [0, 0.1) is 20.8 Å². The molecule has 0 spiro atoms. The number of nitrogens with zero attached hydrogens (tertiary/aromatic N) is 4. The fourth-order valence-corrected chi connectivity index (χ4v) is 6.18. The van der Waals surface area contributed by atoms with Gasteiger partial charge in [-0.3, -0.25) is 23.6 Å². The number of amides is 2. The number of rotatable bonds is 7. The molecule has 0 saturated heterocycles. The smallest absolute Gasteiger partial charge is 0.330 e. The zero-order valence-corrected chi connectivity index (χ0v) is 25.1. The molecule has 43 heavy (non-hydrogen) atoms. The normalized spacial score (nSPS) is 14.1. The first-order chi connectivity index (χ1) is 20.7. The molecule has 0 fully saturated rings. The maximum absolute atomic E-state index is 14.2. The summed E-state index contributed by atoms with van der Waals surface area (Å²) in [6.45, 7) is 9.10. The van der Waals surface area contributed by atoms with Gasteiger partial charge in [-0.2, -0.15) is 0 Å². The zero-order chi connectivity index (χ0) is 30.4. The number of imide groups is 1. The van der Waals surface area contributed by atoms with Gasteiger partial charge < -0.3 is 9.47 Å². The number of methoxy groups -OCH3 is 1. The van der Waals surface area contributed by atoms with E-state index < -0.39 is 0 Å². The van der Waals surface area contributed by atoms with E-state index in [0.29, 0.717) is 47.7 Å². The number of carbonyl (C=O) groups is 2. The van der Waals surface area contributed by atoms with Gasteiger partial charge in [0.25, 0.3) is 11.8 Å². The largest absolute Gasteiger partial charge is 0.493 e. The molecule has 6 rings (SSSR count). The maximum Gasteiger partial charge on any atom is 0.330 e. The van der Waals surface area contributed by atoms with Gasteiger partial charge in [0.05, 0.1) is 36.2 Å². The molecule has 1 aromatic heterocycles. The van der Waals surface area contributed by atoms with Crippen LogP contribution >= 0.6 is 0 Å². The average Bonchev–Trinajstić information content (AvgIpc) is 3.23. The second-order valence-electron chi connectivity index (χ2n) is 11.0. The van der Waals surface area contributed by atoms with E-state index in [2.05, 4.69) is 12.1 Å². The van der Waals surface area contributed by atoms with Crippen molar-refractivity contribution in [3.63, 3.8) is 0 Å². The molecule has 3 aromatic carbocycles. The molecule has 9 nitrogen and oxygen atoms in total. The lowest BCUT2D eigenvalue weighted by atomic mass is 9.97. The lowest BCUT2D eigenvalue weighted by Crippen LogP contribution is -2.45. The first-order valence-electron chi connectivity index (χ1n) is 14.5. The number of ether oxygens (including phenoxy) is 2.